The zero-order valence-electron chi connectivity index (χ0n) is 18.9. The van der Waals surface area contributed by atoms with Crippen molar-refractivity contribution >= 4 is 23.5 Å². The lowest BCUT2D eigenvalue weighted by Gasteiger charge is -2.22. The summed E-state index contributed by atoms with van der Waals surface area (Å²) in [5, 5.41) is 0.285. The first-order chi connectivity index (χ1) is 16.9. The molecule has 35 heavy (non-hydrogen) atoms. The monoisotopic (exact) mass is 488 g/mol. The molecule has 0 spiro atoms. The summed E-state index contributed by atoms with van der Waals surface area (Å²) >= 11 is 6.31. The van der Waals surface area contributed by atoms with E-state index in [-0.39, 0.29) is 16.4 Å². The predicted octanol–water partition coefficient (Wildman–Crippen LogP) is 5.15. The first kappa shape index (κ1) is 22.9. The molecule has 1 aromatic carbocycles. The van der Waals surface area contributed by atoms with Crippen molar-refractivity contribution < 1.29 is 9.18 Å². The fourth-order valence-electron chi connectivity index (χ4n) is 4.16. The molecule has 9 heteroatoms. The number of nitrogens with two attached hydrogens (primary N) is 1. The summed E-state index contributed by atoms with van der Waals surface area (Å²) in [4.78, 5) is 32.0. The average Bonchev–Trinajstić information content (AvgIpc) is 3.30. The SMILES string of the molecule is CC1CCCN1c1nc(-c2ccc(F)cc2)cc(-c2ccc(-c3ncc(C(N)=O)cc3Cl)nc2)n1. The van der Waals surface area contributed by atoms with Crippen molar-refractivity contribution in [3.05, 3.63) is 77.3 Å². The number of carbonyl (C=O) groups is 1. The second kappa shape index (κ2) is 9.38. The van der Waals surface area contributed by atoms with Gasteiger partial charge in [0.05, 0.1) is 27.7 Å². The van der Waals surface area contributed by atoms with Crippen LogP contribution in [-0.2, 0) is 0 Å². The quantitative estimate of drug-likeness (QED) is 0.417. The number of carbonyl (C=O) groups excluding carboxylic acids is 1. The Morgan fingerprint density at radius 1 is 1.00 bits per heavy atom. The van der Waals surface area contributed by atoms with Crippen LogP contribution in [0.3, 0.4) is 0 Å². The molecule has 2 N–H and O–H groups in total. The van der Waals surface area contributed by atoms with E-state index >= 15 is 0 Å². The Morgan fingerprint density at radius 2 is 1.71 bits per heavy atom. The van der Waals surface area contributed by atoms with Crippen molar-refractivity contribution in [3.8, 4) is 33.9 Å². The highest BCUT2D eigenvalue weighted by Crippen LogP contribution is 2.31. The molecule has 1 fully saturated rings. The van der Waals surface area contributed by atoms with Gasteiger partial charge in [0.25, 0.3) is 0 Å². The van der Waals surface area contributed by atoms with Crippen molar-refractivity contribution in [2.45, 2.75) is 25.8 Å². The Kier molecular flexibility index (Phi) is 6.13. The van der Waals surface area contributed by atoms with Crippen molar-refractivity contribution in [1.29, 1.82) is 0 Å². The number of anilines is 1. The zero-order valence-corrected chi connectivity index (χ0v) is 19.7. The fraction of sp³-hybridized carbons (Fsp3) is 0.192. The molecular formula is C26H22ClFN6O. The molecule has 1 aliphatic rings. The standard InChI is InChI=1S/C26H22ClFN6O/c1-15-3-2-10-34(15)26-32-22(16-4-7-19(28)8-5-16)12-23(33-26)17-6-9-21(30-13-17)24-20(27)11-18(14-31-24)25(29)35/h4-9,11-15H,2-3,10H2,1H3,(H2,29,35). The van der Waals surface area contributed by atoms with Crippen LogP contribution in [0.2, 0.25) is 5.02 Å². The molecular weight excluding hydrogens is 467 g/mol. The summed E-state index contributed by atoms with van der Waals surface area (Å²) in [6, 6.07) is 13.6. The summed E-state index contributed by atoms with van der Waals surface area (Å²) in [5.41, 5.74) is 9.53. The van der Waals surface area contributed by atoms with Gasteiger partial charge >= 0.3 is 0 Å². The Bertz CT molecular complexity index is 1390. The van der Waals surface area contributed by atoms with Gasteiger partial charge in [0.2, 0.25) is 11.9 Å². The zero-order chi connectivity index (χ0) is 24.5. The van der Waals surface area contributed by atoms with Gasteiger partial charge in [0.15, 0.2) is 0 Å². The smallest absolute Gasteiger partial charge is 0.250 e. The van der Waals surface area contributed by atoms with Crippen LogP contribution >= 0.6 is 11.6 Å². The van der Waals surface area contributed by atoms with E-state index in [1.165, 1.54) is 24.4 Å². The van der Waals surface area contributed by atoms with Gasteiger partial charge < -0.3 is 10.6 Å². The number of halogens is 2. The van der Waals surface area contributed by atoms with Gasteiger partial charge in [-0.2, -0.15) is 0 Å². The van der Waals surface area contributed by atoms with Gasteiger partial charge in [-0.05, 0) is 68.3 Å². The summed E-state index contributed by atoms with van der Waals surface area (Å²) in [5.74, 6) is -0.256. The topological polar surface area (TPSA) is 97.9 Å². The largest absolute Gasteiger partial charge is 0.366 e. The Balaban J connectivity index is 1.54. The first-order valence-electron chi connectivity index (χ1n) is 11.2. The number of primary amides is 1. The molecule has 0 bridgehead atoms. The minimum atomic E-state index is -0.599. The molecule has 1 aliphatic heterocycles. The number of hydrogen-bond acceptors (Lipinski definition) is 6. The van der Waals surface area contributed by atoms with E-state index < -0.39 is 5.91 Å². The average molecular weight is 489 g/mol. The molecule has 4 heterocycles. The molecule has 5 rings (SSSR count). The molecule has 1 unspecified atom stereocenters. The number of rotatable bonds is 5. The predicted molar refractivity (Wildman–Crippen MR) is 133 cm³/mol. The third-order valence-electron chi connectivity index (χ3n) is 6.09. The maximum Gasteiger partial charge on any atom is 0.250 e. The lowest BCUT2D eigenvalue weighted by atomic mass is 10.1. The van der Waals surface area contributed by atoms with E-state index in [2.05, 4.69) is 21.8 Å². The maximum absolute atomic E-state index is 13.5. The normalized spacial score (nSPS) is 15.4. The molecule has 1 amide bonds. The molecule has 1 saturated heterocycles. The van der Waals surface area contributed by atoms with E-state index in [9.17, 15) is 9.18 Å². The molecule has 1 atom stereocenters. The lowest BCUT2D eigenvalue weighted by Crippen LogP contribution is -2.28. The second-order valence-electron chi connectivity index (χ2n) is 8.48. The van der Waals surface area contributed by atoms with Crippen LogP contribution in [0.1, 0.15) is 30.1 Å². The van der Waals surface area contributed by atoms with Gasteiger partial charge in [-0.25, -0.2) is 14.4 Å². The Hall–Kier alpha value is -3.91. The highest BCUT2D eigenvalue weighted by molar-refractivity contribution is 6.33. The van der Waals surface area contributed by atoms with Crippen molar-refractivity contribution in [1.82, 2.24) is 19.9 Å². The first-order valence-corrected chi connectivity index (χ1v) is 11.6. The van der Waals surface area contributed by atoms with Crippen molar-refractivity contribution in [2.75, 3.05) is 11.4 Å². The van der Waals surface area contributed by atoms with E-state index in [1.54, 1.807) is 24.4 Å². The molecule has 7 nitrogen and oxygen atoms in total. The van der Waals surface area contributed by atoms with Crippen molar-refractivity contribution in [3.63, 3.8) is 0 Å². The molecule has 176 valence electrons. The number of benzene rings is 1. The van der Waals surface area contributed by atoms with Crippen LogP contribution in [0.15, 0.2) is 60.9 Å². The van der Waals surface area contributed by atoms with Gasteiger partial charge in [0.1, 0.15) is 11.5 Å². The number of pyridine rings is 2. The second-order valence-corrected chi connectivity index (χ2v) is 8.89. The number of hydrogen-bond donors (Lipinski definition) is 1. The summed E-state index contributed by atoms with van der Waals surface area (Å²) in [6.45, 7) is 3.05. The van der Waals surface area contributed by atoms with Crippen LogP contribution in [0.5, 0.6) is 0 Å². The number of nitrogens with zero attached hydrogens (tertiary/aromatic N) is 5. The lowest BCUT2D eigenvalue weighted by molar-refractivity contribution is 0.1000. The highest BCUT2D eigenvalue weighted by Gasteiger charge is 2.24. The highest BCUT2D eigenvalue weighted by atomic mass is 35.5. The number of aromatic nitrogens is 4. The molecule has 4 aromatic rings. The van der Waals surface area contributed by atoms with Crippen LogP contribution in [0.4, 0.5) is 10.3 Å². The van der Waals surface area contributed by atoms with Crippen LogP contribution < -0.4 is 10.6 Å². The molecule has 0 saturated carbocycles. The Morgan fingerprint density at radius 3 is 2.31 bits per heavy atom. The summed E-state index contributed by atoms with van der Waals surface area (Å²) in [6.07, 6.45) is 5.24. The van der Waals surface area contributed by atoms with E-state index in [0.29, 0.717) is 34.8 Å². The van der Waals surface area contributed by atoms with Gasteiger partial charge in [0, 0.05) is 36.1 Å². The molecule has 0 radical (unpaired) electrons. The number of amides is 1. The summed E-state index contributed by atoms with van der Waals surface area (Å²) in [7, 11) is 0. The van der Waals surface area contributed by atoms with E-state index in [0.717, 1.165) is 30.5 Å². The van der Waals surface area contributed by atoms with Gasteiger partial charge in [-0.15, -0.1) is 0 Å². The van der Waals surface area contributed by atoms with Crippen molar-refractivity contribution in [2.24, 2.45) is 5.73 Å². The Labute approximate surface area is 206 Å². The van der Waals surface area contributed by atoms with Crippen LogP contribution in [0.25, 0.3) is 33.9 Å². The van der Waals surface area contributed by atoms with Gasteiger partial charge in [-0.1, -0.05) is 11.6 Å². The molecule has 3 aromatic heterocycles. The van der Waals surface area contributed by atoms with E-state index in [1.807, 2.05) is 12.1 Å². The minimum absolute atomic E-state index is 0.230. The summed E-state index contributed by atoms with van der Waals surface area (Å²) < 4.78 is 13.5. The maximum atomic E-state index is 13.5. The van der Waals surface area contributed by atoms with E-state index in [4.69, 9.17) is 27.3 Å². The fourth-order valence-corrected chi connectivity index (χ4v) is 4.42. The molecule has 0 aliphatic carbocycles. The third-order valence-corrected chi connectivity index (χ3v) is 6.38. The van der Waals surface area contributed by atoms with Gasteiger partial charge in [-0.3, -0.25) is 14.8 Å². The van der Waals surface area contributed by atoms with Crippen LogP contribution in [-0.4, -0.2) is 38.4 Å². The van der Waals surface area contributed by atoms with Crippen LogP contribution in [0, 0.1) is 5.82 Å². The third kappa shape index (κ3) is 4.70. The minimum Gasteiger partial charge on any atom is -0.366 e.